The minimum atomic E-state index is -0.459. The number of methoxy groups -OCH3 is 1. The number of nitrogens with zero attached hydrogens (tertiary/aromatic N) is 2. The van der Waals surface area contributed by atoms with Crippen LogP contribution in [0.1, 0.15) is 27.1 Å². The maximum atomic E-state index is 12.5. The Kier molecular flexibility index (Phi) is 4.57. The third-order valence-corrected chi connectivity index (χ3v) is 4.99. The van der Waals surface area contributed by atoms with Crippen molar-refractivity contribution in [2.24, 2.45) is 0 Å². The number of likely N-dealkylation sites (tertiary alicyclic amines) is 1. The SMILES string of the molecule is COC(=O)c1ccc(C(=O)N2CCC(N3C(=O)CSC3=O)C2)cc1. The summed E-state index contributed by atoms with van der Waals surface area (Å²) in [5.41, 5.74) is 0.829. The van der Waals surface area contributed by atoms with E-state index in [-0.39, 0.29) is 28.8 Å². The van der Waals surface area contributed by atoms with Crippen LogP contribution in [0.3, 0.4) is 0 Å². The summed E-state index contributed by atoms with van der Waals surface area (Å²) < 4.78 is 4.62. The maximum Gasteiger partial charge on any atom is 0.337 e. The first-order chi connectivity index (χ1) is 11.5. The molecule has 8 heteroatoms. The van der Waals surface area contributed by atoms with Crippen molar-refractivity contribution in [3.63, 3.8) is 0 Å². The molecule has 0 radical (unpaired) electrons. The number of amides is 3. The van der Waals surface area contributed by atoms with Crippen molar-refractivity contribution >= 4 is 34.8 Å². The zero-order valence-corrected chi connectivity index (χ0v) is 13.9. The van der Waals surface area contributed by atoms with Crippen LogP contribution >= 0.6 is 11.8 Å². The molecule has 1 aromatic rings. The lowest BCUT2D eigenvalue weighted by Crippen LogP contribution is -2.41. The summed E-state index contributed by atoms with van der Waals surface area (Å²) in [6, 6.07) is 5.97. The Balaban J connectivity index is 1.67. The fourth-order valence-electron chi connectivity index (χ4n) is 2.90. The quantitative estimate of drug-likeness (QED) is 0.768. The molecule has 2 heterocycles. The maximum absolute atomic E-state index is 12.5. The molecule has 2 saturated heterocycles. The summed E-state index contributed by atoms with van der Waals surface area (Å²) in [6.45, 7) is 0.833. The van der Waals surface area contributed by atoms with E-state index in [9.17, 15) is 19.2 Å². The van der Waals surface area contributed by atoms with Gasteiger partial charge in [0.15, 0.2) is 0 Å². The Morgan fingerprint density at radius 2 is 1.83 bits per heavy atom. The van der Waals surface area contributed by atoms with E-state index in [0.29, 0.717) is 30.6 Å². The summed E-state index contributed by atoms with van der Waals surface area (Å²) >= 11 is 1.00. The number of benzene rings is 1. The molecular weight excluding hydrogens is 332 g/mol. The normalized spacial score (nSPS) is 20.6. The van der Waals surface area contributed by atoms with Gasteiger partial charge < -0.3 is 9.64 Å². The van der Waals surface area contributed by atoms with E-state index >= 15 is 0 Å². The third kappa shape index (κ3) is 3.01. The van der Waals surface area contributed by atoms with E-state index in [1.807, 2.05) is 0 Å². The lowest BCUT2D eigenvalue weighted by Gasteiger charge is -2.22. The Hall–Kier alpha value is -2.35. The molecule has 2 fully saturated rings. The molecule has 0 saturated carbocycles. The molecule has 126 valence electrons. The molecule has 24 heavy (non-hydrogen) atoms. The first kappa shape index (κ1) is 16.5. The van der Waals surface area contributed by atoms with Crippen molar-refractivity contribution in [1.82, 2.24) is 9.80 Å². The van der Waals surface area contributed by atoms with E-state index < -0.39 is 5.97 Å². The molecule has 0 N–H and O–H groups in total. The van der Waals surface area contributed by atoms with Gasteiger partial charge in [-0.2, -0.15) is 0 Å². The molecule has 0 bridgehead atoms. The van der Waals surface area contributed by atoms with Crippen molar-refractivity contribution in [1.29, 1.82) is 0 Å². The van der Waals surface area contributed by atoms with Crippen LogP contribution in [-0.2, 0) is 9.53 Å². The van der Waals surface area contributed by atoms with Crippen LogP contribution in [0, 0.1) is 0 Å². The predicted octanol–water partition coefficient (Wildman–Crippen LogP) is 1.38. The highest BCUT2D eigenvalue weighted by Gasteiger charge is 2.40. The van der Waals surface area contributed by atoms with Gasteiger partial charge in [0.2, 0.25) is 5.91 Å². The molecule has 1 aromatic carbocycles. The van der Waals surface area contributed by atoms with Gasteiger partial charge in [0.1, 0.15) is 0 Å². The molecule has 0 spiro atoms. The second-order valence-corrected chi connectivity index (χ2v) is 6.51. The number of hydrogen-bond acceptors (Lipinski definition) is 6. The summed E-state index contributed by atoms with van der Waals surface area (Å²) in [5.74, 6) is -0.649. The third-order valence-electron chi connectivity index (χ3n) is 4.15. The average molecular weight is 348 g/mol. The largest absolute Gasteiger partial charge is 0.465 e. The molecule has 3 rings (SSSR count). The van der Waals surface area contributed by atoms with Crippen LogP contribution in [-0.4, -0.2) is 64.8 Å². The number of rotatable bonds is 3. The van der Waals surface area contributed by atoms with Crippen molar-refractivity contribution in [3.05, 3.63) is 35.4 Å². The zero-order valence-electron chi connectivity index (χ0n) is 13.1. The molecular formula is C16H16N2O5S. The number of carbonyl (C=O) groups excluding carboxylic acids is 4. The van der Waals surface area contributed by atoms with Crippen LogP contribution in [0.2, 0.25) is 0 Å². The monoisotopic (exact) mass is 348 g/mol. The fourth-order valence-corrected chi connectivity index (χ4v) is 3.68. The first-order valence-corrected chi connectivity index (χ1v) is 8.46. The minimum absolute atomic E-state index is 0.179. The minimum Gasteiger partial charge on any atom is -0.465 e. The lowest BCUT2D eigenvalue weighted by molar-refractivity contribution is -0.126. The molecule has 7 nitrogen and oxygen atoms in total. The summed E-state index contributed by atoms with van der Waals surface area (Å²) in [4.78, 5) is 50.4. The molecule has 3 amide bonds. The second kappa shape index (κ2) is 6.64. The van der Waals surface area contributed by atoms with Crippen molar-refractivity contribution in [2.45, 2.75) is 12.5 Å². The summed E-state index contributed by atoms with van der Waals surface area (Å²) in [7, 11) is 1.30. The van der Waals surface area contributed by atoms with Crippen LogP contribution in [0.15, 0.2) is 24.3 Å². The van der Waals surface area contributed by atoms with Crippen molar-refractivity contribution < 1.29 is 23.9 Å². The van der Waals surface area contributed by atoms with E-state index in [1.165, 1.54) is 24.1 Å². The van der Waals surface area contributed by atoms with Gasteiger partial charge in [-0.25, -0.2) is 4.79 Å². The van der Waals surface area contributed by atoms with Gasteiger partial charge in [-0.1, -0.05) is 11.8 Å². The Bertz CT molecular complexity index is 687. The van der Waals surface area contributed by atoms with Gasteiger partial charge in [-0.15, -0.1) is 0 Å². The molecule has 0 aliphatic carbocycles. The first-order valence-electron chi connectivity index (χ1n) is 7.47. The van der Waals surface area contributed by atoms with Gasteiger partial charge in [0.05, 0.1) is 24.5 Å². The smallest absolute Gasteiger partial charge is 0.337 e. The highest BCUT2D eigenvalue weighted by atomic mass is 32.2. The highest BCUT2D eigenvalue weighted by Crippen LogP contribution is 2.26. The van der Waals surface area contributed by atoms with Gasteiger partial charge in [0.25, 0.3) is 11.1 Å². The van der Waals surface area contributed by atoms with Gasteiger partial charge in [0, 0.05) is 18.7 Å². The molecule has 2 aliphatic heterocycles. The standard InChI is InChI=1S/C16H16N2O5S/c1-23-15(21)11-4-2-10(3-5-11)14(20)17-7-6-12(8-17)18-13(19)9-24-16(18)22/h2-5,12H,6-9H2,1H3. The lowest BCUT2D eigenvalue weighted by atomic mass is 10.1. The average Bonchev–Trinajstić information content (AvgIpc) is 3.20. The van der Waals surface area contributed by atoms with Gasteiger partial charge in [-0.3, -0.25) is 19.3 Å². The molecule has 1 atom stereocenters. The molecule has 2 aliphatic rings. The van der Waals surface area contributed by atoms with E-state index in [1.54, 1.807) is 17.0 Å². The second-order valence-electron chi connectivity index (χ2n) is 5.58. The van der Waals surface area contributed by atoms with Crippen molar-refractivity contribution in [3.8, 4) is 0 Å². The molecule has 1 unspecified atom stereocenters. The van der Waals surface area contributed by atoms with Crippen LogP contribution in [0.4, 0.5) is 4.79 Å². The topological polar surface area (TPSA) is 84.0 Å². The Morgan fingerprint density at radius 3 is 2.42 bits per heavy atom. The van der Waals surface area contributed by atoms with Gasteiger partial charge in [-0.05, 0) is 30.7 Å². The number of esters is 1. The van der Waals surface area contributed by atoms with E-state index in [0.717, 1.165) is 11.8 Å². The number of imide groups is 1. The van der Waals surface area contributed by atoms with Crippen LogP contribution < -0.4 is 0 Å². The van der Waals surface area contributed by atoms with Crippen LogP contribution in [0.25, 0.3) is 0 Å². The number of ether oxygens (including phenoxy) is 1. The fraction of sp³-hybridized carbons (Fsp3) is 0.375. The van der Waals surface area contributed by atoms with E-state index in [2.05, 4.69) is 4.74 Å². The van der Waals surface area contributed by atoms with Crippen molar-refractivity contribution in [2.75, 3.05) is 26.0 Å². The predicted molar refractivity (Wildman–Crippen MR) is 86.8 cm³/mol. The van der Waals surface area contributed by atoms with E-state index in [4.69, 9.17) is 0 Å². The highest BCUT2D eigenvalue weighted by molar-refractivity contribution is 8.14. The van der Waals surface area contributed by atoms with Crippen LogP contribution in [0.5, 0.6) is 0 Å². The Labute approximate surface area is 142 Å². The number of carbonyl (C=O) groups is 4. The number of thioether (sulfide) groups is 1. The summed E-state index contributed by atoms with van der Waals surface area (Å²) in [6.07, 6.45) is 0.587. The number of hydrogen-bond donors (Lipinski definition) is 0. The zero-order chi connectivity index (χ0) is 17.3. The summed E-state index contributed by atoms with van der Waals surface area (Å²) in [5, 5.41) is -0.235. The Morgan fingerprint density at radius 1 is 1.17 bits per heavy atom. The van der Waals surface area contributed by atoms with Gasteiger partial charge >= 0.3 is 5.97 Å². The molecule has 0 aromatic heterocycles.